The lowest BCUT2D eigenvalue weighted by atomic mass is 10.2. The second-order valence-electron chi connectivity index (χ2n) is 5.91. The largest absolute Gasteiger partial charge is 0.479 e. The molecule has 0 saturated carbocycles. The molecule has 8 nitrogen and oxygen atoms in total. The van der Waals surface area contributed by atoms with Gasteiger partial charge in [-0.05, 0) is 62.4 Å². The summed E-state index contributed by atoms with van der Waals surface area (Å²) in [5.74, 6) is -1.42. The zero-order valence-electron chi connectivity index (χ0n) is 15.3. The minimum atomic E-state index is -1.06. The number of hydrogen-bond donors (Lipinski definition) is 2. The average Bonchev–Trinajstić information content (AvgIpc) is 2.68. The van der Waals surface area contributed by atoms with E-state index in [9.17, 15) is 14.4 Å². The summed E-state index contributed by atoms with van der Waals surface area (Å²) in [5.41, 5.74) is 6.37. The molecule has 144 valence electrons. The Morgan fingerprint density at radius 1 is 1.00 bits per heavy atom. The van der Waals surface area contributed by atoms with Crippen molar-refractivity contribution in [3.63, 3.8) is 0 Å². The van der Waals surface area contributed by atoms with Crippen molar-refractivity contribution in [3.05, 3.63) is 59.7 Å². The molecule has 2 rings (SSSR count). The lowest BCUT2D eigenvalue weighted by Gasteiger charge is -2.18. The van der Waals surface area contributed by atoms with E-state index >= 15 is 0 Å². The van der Waals surface area contributed by atoms with Crippen LogP contribution in [0.2, 0.25) is 0 Å². The number of anilines is 1. The highest BCUT2D eigenvalue weighted by Gasteiger charge is 2.23. The number of nitriles is 1. The number of ether oxygens (including phenoxy) is 2. The van der Waals surface area contributed by atoms with E-state index in [1.807, 2.05) is 6.07 Å². The zero-order valence-corrected chi connectivity index (χ0v) is 15.3. The van der Waals surface area contributed by atoms with Gasteiger partial charge < -0.3 is 20.5 Å². The molecular formula is C20H19N3O5. The summed E-state index contributed by atoms with van der Waals surface area (Å²) in [4.78, 5) is 35.3. The molecule has 3 N–H and O–H groups in total. The SMILES string of the molecule is C[C@@H](OC(=O)[C@@H](C)Oc1ccc(C#N)cc1)C(=O)Nc1ccc(C(N)=O)cc1. The van der Waals surface area contributed by atoms with E-state index in [-0.39, 0.29) is 0 Å². The number of benzene rings is 2. The normalized spacial score (nSPS) is 12.2. The van der Waals surface area contributed by atoms with E-state index < -0.39 is 30.0 Å². The highest BCUT2D eigenvalue weighted by molar-refractivity contribution is 5.96. The molecule has 0 heterocycles. The fraction of sp³-hybridized carbons (Fsp3) is 0.200. The van der Waals surface area contributed by atoms with Crippen molar-refractivity contribution >= 4 is 23.5 Å². The molecule has 2 atom stereocenters. The first-order valence-corrected chi connectivity index (χ1v) is 8.38. The Bertz CT molecular complexity index is 901. The first kappa shape index (κ1) is 20.5. The molecule has 0 bridgehead atoms. The van der Waals surface area contributed by atoms with Crippen molar-refractivity contribution in [3.8, 4) is 11.8 Å². The van der Waals surface area contributed by atoms with Gasteiger partial charge in [-0.15, -0.1) is 0 Å². The molecule has 8 heteroatoms. The van der Waals surface area contributed by atoms with Gasteiger partial charge >= 0.3 is 5.97 Å². The molecular weight excluding hydrogens is 362 g/mol. The van der Waals surface area contributed by atoms with Gasteiger partial charge in [-0.25, -0.2) is 4.79 Å². The molecule has 28 heavy (non-hydrogen) atoms. The number of nitrogens with two attached hydrogens (primary N) is 1. The predicted molar refractivity (Wildman–Crippen MR) is 100 cm³/mol. The first-order valence-electron chi connectivity index (χ1n) is 8.38. The van der Waals surface area contributed by atoms with Crippen LogP contribution in [0.25, 0.3) is 0 Å². The van der Waals surface area contributed by atoms with Crippen molar-refractivity contribution in [2.75, 3.05) is 5.32 Å². The number of nitrogens with zero attached hydrogens (tertiary/aromatic N) is 1. The van der Waals surface area contributed by atoms with Crippen LogP contribution in [-0.4, -0.2) is 30.0 Å². The molecule has 0 aromatic heterocycles. The van der Waals surface area contributed by atoms with E-state index in [2.05, 4.69) is 5.32 Å². The highest BCUT2D eigenvalue weighted by Crippen LogP contribution is 2.15. The van der Waals surface area contributed by atoms with Crippen LogP contribution in [0.15, 0.2) is 48.5 Å². The molecule has 0 aliphatic heterocycles. The number of carbonyl (C=O) groups is 3. The molecule has 0 unspecified atom stereocenters. The van der Waals surface area contributed by atoms with Crippen LogP contribution in [0.5, 0.6) is 5.75 Å². The maximum Gasteiger partial charge on any atom is 0.347 e. The van der Waals surface area contributed by atoms with Crippen LogP contribution in [0.3, 0.4) is 0 Å². The van der Waals surface area contributed by atoms with Gasteiger partial charge in [-0.2, -0.15) is 5.26 Å². The Labute approximate surface area is 161 Å². The Morgan fingerprint density at radius 2 is 1.61 bits per heavy atom. The highest BCUT2D eigenvalue weighted by atomic mass is 16.6. The number of hydrogen-bond acceptors (Lipinski definition) is 6. The number of rotatable bonds is 7. The minimum Gasteiger partial charge on any atom is -0.479 e. The smallest absolute Gasteiger partial charge is 0.347 e. The van der Waals surface area contributed by atoms with Gasteiger partial charge in [0, 0.05) is 11.3 Å². The quantitative estimate of drug-likeness (QED) is 0.705. The van der Waals surface area contributed by atoms with E-state index in [1.54, 1.807) is 24.3 Å². The van der Waals surface area contributed by atoms with Gasteiger partial charge in [0.05, 0.1) is 11.6 Å². The summed E-state index contributed by atoms with van der Waals surface area (Å²) in [6, 6.07) is 14.2. The third kappa shape index (κ3) is 5.57. The van der Waals surface area contributed by atoms with E-state index in [4.69, 9.17) is 20.5 Å². The fourth-order valence-electron chi connectivity index (χ4n) is 2.15. The van der Waals surface area contributed by atoms with Crippen LogP contribution in [-0.2, 0) is 14.3 Å². The van der Waals surface area contributed by atoms with Crippen molar-refractivity contribution in [1.82, 2.24) is 0 Å². The number of nitrogens with one attached hydrogen (secondary N) is 1. The van der Waals surface area contributed by atoms with Crippen LogP contribution >= 0.6 is 0 Å². The monoisotopic (exact) mass is 381 g/mol. The van der Waals surface area contributed by atoms with E-state index in [0.717, 1.165) is 0 Å². The zero-order chi connectivity index (χ0) is 20.7. The Kier molecular flexibility index (Phi) is 6.71. The van der Waals surface area contributed by atoms with Crippen molar-refractivity contribution in [2.45, 2.75) is 26.1 Å². The van der Waals surface area contributed by atoms with Crippen LogP contribution in [0, 0.1) is 11.3 Å². The third-order valence-corrected chi connectivity index (χ3v) is 3.73. The standard InChI is InChI=1S/C20H19N3O5/c1-12(19(25)23-16-7-5-15(6-8-16)18(22)24)28-20(26)13(2)27-17-9-3-14(11-21)4-10-17/h3-10,12-13H,1-2H3,(H2,22,24)(H,23,25)/t12-,13-/m1/s1. The van der Waals surface area contributed by atoms with Crippen LogP contribution < -0.4 is 15.8 Å². The summed E-state index contributed by atoms with van der Waals surface area (Å²) in [6.45, 7) is 2.92. The van der Waals surface area contributed by atoms with Crippen molar-refractivity contribution in [2.24, 2.45) is 5.73 Å². The molecule has 0 spiro atoms. The lowest BCUT2D eigenvalue weighted by molar-refractivity contribution is -0.159. The predicted octanol–water partition coefficient (Wildman–Crippen LogP) is 1.99. The first-order chi connectivity index (χ1) is 13.3. The van der Waals surface area contributed by atoms with Gasteiger partial charge in [0.2, 0.25) is 5.91 Å². The summed E-state index contributed by atoms with van der Waals surface area (Å²) < 4.78 is 10.6. The lowest BCUT2D eigenvalue weighted by Crippen LogP contribution is -2.35. The van der Waals surface area contributed by atoms with Gasteiger partial charge in [-0.1, -0.05) is 0 Å². The average molecular weight is 381 g/mol. The van der Waals surface area contributed by atoms with Gasteiger partial charge in [0.15, 0.2) is 12.2 Å². The number of primary amides is 1. The Morgan fingerprint density at radius 3 is 2.14 bits per heavy atom. The van der Waals surface area contributed by atoms with Gasteiger partial charge in [0.25, 0.3) is 5.91 Å². The van der Waals surface area contributed by atoms with Gasteiger partial charge in [-0.3, -0.25) is 9.59 Å². The van der Waals surface area contributed by atoms with Crippen LogP contribution in [0.1, 0.15) is 29.8 Å². The Hall–Kier alpha value is -3.86. The molecule has 2 aromatic rings. The molecule has 0 fully saturated rings. The maximum absolute atomic E-state index is 12.2. The van der Waals surface area contributed by atoms with Gasteiger partial charge in [0.1, 0.15) is 5.75 Å². The molecule has 0 radical (unpaired) electrons. The fourth-order valence-corrected chi connectivity index (χ4v) is 2.15. The second-order valence-corrected chi connectivity index (χ2v) is 5.91. The third-order valence-electron chi connectivity index (χ3n) is 3.73. The number of esters is 1. The molecule has 2 amide bonds. The summed E-state index contributed by atoms with van der Waals surface area (Å²) in [5, 5.41) is 11.3. The van der Waals surface area contributed by atoms with Crippen molar-refractivity contribution in [1.29, 1.82) is 5.26 Å². The van der Waals surface area contributed by atoms with E-state index in [0.29, 0.717) is 22.6 Å². The number of carbonyl (C=O) groups excluding carboxylic acids is 3. The summed E-state index contributed by atoms with van der Waals surface area (Å²) in [6.07, 6.45) is -2.01. The maximum atomic E-state index is 12.2. The molecule has 0 saturated heterocycles. The molecule has 0 aliphatic carbocycles. The second kappa shape index (κ2) is 9.19. The molecule has 0 aliphatic rings. The topological polar surface area (TPSA) is 132 Å². The van der Waals surface area contributed by atoms with Crippen molar-refractivity contribution < 1.29 is 23.9 Å². The summed E-state index contributed by atoms with van der Waals surface area (Å²) >= 11 is 0. The Balaban J connectivity index is 1.88. The minimum absolute atomic E-state index is 0.311. The van der Waals surface area contributed by atoms with Crippen LogP contribution in [0.4, 0.5) is 5.69 Å². The van der Waals surface area contributed by atoms with E-state index in [1.165, 1.54) is 38.1 Å². The summed E-state index contributed by atoms with van der Waals surface area (Å²) in [7, 11) is 0. The molecule has 2 aromatic carbocycles. The number of amides is 2.